The highest BCUT2D eigenvalue weighted by molar-refractivity contribution is 9.11. The van der Waals surface area contributed by atoms with Crippen LogP contribution >= 0.6 is 27.3 Å². The Hall–Kier alpha value is -0.390. The minimum Gasteiger partial charge on any atom is -0.355 e. The summed E-state index contributed by atoms with van der Waals surface area (Å²) in [6.45, 7) is 0.715. The van der Waals surface area contributed by atoms with Crippen molar-refractivity contribution < 1.29 is 4.79 Å². The van der Waals surface area contributed by atoms with Crippen LogP contribution in [0.4, 0.5) is 0 Å². The van der Waals surface area contributed by atoms with Gasteiger partial charge in [-0.3, -0.25) is 4.79 Å². The number of amides is 1. The minimum atomic E-state index is 0.0637. The van der Waals surface area contributed by atoms with E-state index >= 15 is 0 Å². The molecule has 1 aromatic heterocycles. The van der Waals surface area contributed by atoms with Gasteiger partial charge in [0.15, 0.2) is 0 Å². The average molecular weight is 343 g/mol. The molecule has 104 valence electrons. The van der Waals surface area contributed by atoms with Crippen molar-refractivity contribution in [3.8, 4) is 0 Å². The first-order valence-electron chi connectivity index (χ1n) is 6.92. The number of carbonyl (C=O) groups excluding carboxylic acids is 1. The van der Waals surface area contributed by atoms with Gasteiger partial charge < -0.3 is 11.1 Å². The van der Waals surface area contributed by atoms with Crippen LogP contribution in [0, 0.1) is 17.8 Å². The Balaban J connectivity index is 1.49. The monoisotopic (exact) mass is 342 g/mol. The molecule has 3 rings (SSSR count). The van der Waals surface area contributed by atoms with Gasteiger partial charge in [-0.25, -0.2) is 0 Å². The predicted molar refractivity (Wildman–Crippen MR) is 81.0 cm³/mol. The van der Waals surface area contributed by atoms with Crippen molar-refractivity contribution in [1.82, 2.24) is 5.32 Å². The Morgan fingerprint density at radius 2 is 2.21 bits per heavy atom. The molecular weight excluding hydrogens is 324 g/mol. The summed E-state index contributed by atoms with van der Waals surface area (Å²) in [6, 6.07) is 4.24. The molecule has 2 aliphatic carbocycles. The second-order valence-corrected chi connectivity index (χ2v) is 8.23. The van der Waals surface area contributed by atoms with Gasteiger partial charge in [0.2, 0.25) is 5.91 Å². The molecule has 2 fully saturated rings. The van der Waals surface area contributed by atoms with E-state index in [1.165, 1.54) is 17.7 Å². The molecule has 0 radical (unpaired) electrons. The molecule has 2 saturated carbocycles. The summed E-state index contributed by atoms with van der Waals surface area (Å²) in [5, 5.41) is 3.07. The Kier molecular flexibility index (Phi) is 3.96. The third-order valence-electron chi connectivity index (χ3n) is 4.58. The topological polar surface area (TPSA) is 55.1 Å². The largest absolute Gasteiger partial charge is 0.355 e. The lowest BCUT2D eigenvalue weighted by atomic mass is 9.84. The number of thiophene rings is 1. The number of halogens is 1. The van der Waals surface area contributed by atoms with Crippen LogP contribution in [0.1, 0.15) is 24.1 Å². The first kappa shape index (κ1) is 13.6. The van der Waals surface area contributed by atoms with Crippen LogP contribution in [0.5, 0.6) is 0 Å². The van der Waals surface area contributed by atoms with E-state index in [1.807, 2.05) is 6.07 Å². The van der Waals surface area contributed by atoms with Crippen molar-refractivity contribution in [3.63, 3.8) is 0 Å². The molecule has 19 heavy (non-hydrogen) atoms. The molecule has 1 amide bonds. The van der Waals surface area contributed by atoms with Crippen molar-refractivity contribution in [2.75, 3.05) is 6.54 Å². The first-order chi connectivity index (χ1) is 9.15. The van der Waals surface area contributed by atoms with E-state index in [1.54, 1.807) is 11.3 Å². The van der Waals surface area contributed by atoms with Gasteiger partial charge in [-0.15, -0.1) is 11.3 Å². The maximum atomic E-state index is 12.2. The highest BCUT2D eigenvalue weighted by Gasteiger charge is 2.48. The number of rotatable bonds is 4. The van der Waals surface area contributed by atoms with Crippen molar-refractivity contribution in [2.24, 2.45) is 23.5 Å². The summed E-state index contributed by atoms with van der Waals surface area (Å²) in [5.74, 6) is 1.37. The highest BCUT2D eigenvalue weighted by atomic mass is 79.9. The minimum absolute atomic E-state index is 0.0637. The third-order valence-corrected chi connectivity index (χ3v) is 6.27. The molecule has 4 atom stereocenters. The molecule has 1 heterocycles. The Morgan fingerprint density at radius 3 is 2.84 bits per heavy atom. The van der Waals surface area contributed by atoms with Gasteiger partial charge in [0.25, 0.3) is 0 Å². The molecule has 3 N–H and O–H groups in total. The van der Waals surface area contributed by atoms with Crippen LogP contribution < -0.4 is 11.1 Å². The SMILES string of the molecule is NC1C2CCC(C2)C1C(=O)NCCc1ccc(Br)s1. The number of hydrogen-bond donors (Lipinski definition) is 2. The zero-order valence-electron chi connectivity index (χ0n) is 10.8. The fourth-order valence-corrected chi connectivity index (χ4v) is 5.12. The Bertz CT molecular complexity index is 474. The van der Waals surface area contributed by atoms with Gasteiger partial charge in [-0.05, 0) is 65.6 Å². The van der Waals surface area contributed by atoms with E-state index in [-0.39, 0.29) is 17.9 Å². The van der Waals surface area contributed by atoms with E-state index in [2.05, 4.69) is 27.3 Å². The molecule has 0 aromatic carbocycles. The molecular formula is C14H19BrN2OS. The molecule has 3 nitrogen and oxygen atoms in total. The van der Waals surface area contributed by atoms with E-state index in [4.69, 9.17) is 5.73 Å². The maximum Gasteiger partial charge on any atom is 0.224 e. The summed E-state index contributed by atoms with van der Waals surface area (Å²) in [4.78, 5) is 13.5. The summed E-state index contributed by atoms with van der Waals surface area (Å²) in [5.41, 5.74) is 6.19. The first-order valence-corrected chi connectivity index (χ1v) is 8.53. The maximum absolute atomic E-state index is 12.2. The summed E-state index contributed by atoms with van der Waals surface area (Å²) < 4.78 is 1.14. The zero-order chi connectivity index (χ0) is 13.4. The van der Waals surface area contributed by atoms with Gasteiger partial charge in [-0.2, -0.15) is 0 Å². The van der Waals surface area contributed by atoms with Crippen molar-refractivity contribution in [2.45, 2.75) is 31.7 Å². The second-order valence-electron chi connectivity index (χ2n) is 5.68. The van der Waals surface area contributed by atoms with Crippen molar-refractivity contribution in [3.05, 3.63) is 20.8 Å². The summed E-state index contributed by atoms with van der Waals surface area (Å²) >= 11 is 5.18. The molecule has 2 aliphatic rings. The average Bonchev–Trinajstić information content (AvgIpc) is 3.05. The predicted octanol–water partition coefficient (Wildman–Crippen LogP) is 2.54. The van der Waals surface area contributed by atoms with E-state index in [9.17, 15) is 4.79 Å². The molecule has 1 aromatic rings. The molecule has 0 aliphatic heterocycles. The van der Waals surface area contributed by atoms with E-state index in [0.29, 0.717) is 18.4 Å². The van der Waals surface area contributed by atoms with E-state index < -0.39 is 0 Å². The lowest BCUT2D eigenvalue weighted by Crippen LogP contribution is -2.45. The molecule has 2 bridgehead atoms. The van der Waals surface area contributed by atoms with Crippen molar-refractivity contribution >= 4 is 33.2 Å². The quantitative estimate of drug-likeness (QED) is 0.883. The van der Waals surface area contributed by atoms with Crippen LogP contribution in [0.25, 0.3) is 0 Å². The van der Waals surface area contributed by atoms with Gasteiger partial charge in [0, 0.05) is 17.5 Å². The molecule has 0 spiro atoms. The number of carbonyl (C=O) groups is 1. The standard InChI is InChI=1S/C14H19BrN2OS/c15-11-4-3-10(19-11)5-6-17-14(18)12-8-1-2-9(7-8)13(12)16/h3-4,8-9,12-13H,1-2,5-7,16H2,(H,17,18). The summed E-state index contributed by atoms with van der Waals surface area (Å²) in [7, 11) is 0. The van der Waals surface area contributed by atoms with Crippen LogP contribution in [0.2, 0.25) is 0 Å². The van der Waals surface area contributed by atoms with Crippen LogP contribution in [-0.4, -0.2) is 18.5 Å². The Labute approximate surface area is 126 Å². The van der Waals surface area contributed by atoms with Gasteiger partial charge >= 0.3 is 0 Å². The number of nitrogens with one attached hydrogen (secondary N) is 1. The molecule has 4 unspecified atom stereocenters. The van der Waals surface area contributed by atoms with Crippen LogP contribution in [-0.2, 0) is 11.2 Å². The van der Waals surface area contributed by atoms with Gasteiger partial charge in [-0.1, -0.05) is 0 Å². The van der Waals surface area contributed by atoms with E-state index in [0.717, 1.165) is 16.6 Å². The number of nitrogens with two attached hydrogens (primary N) is 1. The lowest BCUT2D eigenvalue weighted by molar-refractivity contribution is -0.127. The van der Waals surface area contributed by atoms with Crippen molar-refractivity contribution in [1.29, 1.82) is 0 Å². The zero-order valence-corrected chi connectivity index (χ0v) is 13.2. The Morgan fingerprint density at radius 1 is 1.42 bits per heavy atom. The molecule has 0 saturated heterocycles. The lowest BCUT2D eigenvalue weighted by Gasteiger charge is -2.26. The fraction of sp³-hybridized carbons (Fsp3) is 0.643. The molecule has 5 heteroatoms. The second kappa shape index (κ2) is 5.54. The summed E-state index contributed by atoms with van der Waals surface area (Å²) in [6.07, 6.45) is 4.47. The van der Waals surface area contributed by atoms with Gasteiger partial charge in [0.05, 0.1) is 9.70 Å². The third kappa shape index (κ3) is 2.73. The smallest absolute Gasteiger partial charge is 0.224 e. The van der Waals surface area contributed by atoms with Crippen LogP contribution in [0.15, 0.2) is 15.9 Å². The normalized spacial score (nSPS) is 32.7. The number of hydrogen-bond acceptors (Lipinski definition) is 3. The number of fused-ring (bicyclic) bond motifs is 2. The fourth-order valence-electron chi connectivity index (χ4n) is 3.64. The van der Waals surface area contributed by atoms with Crippen LogP contribution in [0.3, 0.4) is 0 Å². The van der Waals surface area contributed by atoms with Gasteiger partial charge in [0.1, 0.15) is 0 Å². The highest BCUT2D eigenvalue weighted by Crippen LogP contribution is 2.47.